The van der Waals surface area contributed by atoms with Crippen molar-refractivity contribution in [2.24, 2.45) is 0 Å². The lowest BCUT2D eigenvalue weighted by Crippen LogP contribution is -2.29. The Morgan fingerprint density at radius 2 is 2.21 bits per heavy atom. The number of benzene rings is 1. The molecule has 2 rings (SSSR count). The lowest BCUT2D eigenvalue weighted by molar-refractivity contribution is -0.0512. The van der Waals surface area contributed by atoms with Crippen LogP contribution >= 0.6 is 0 Å². The number of hydrogen-bond donors (Lipinski definition) is 3. The van der Waals surface area contributed by atoms with Crippen LogP contribution in [0.4, 0.5) is 19.3 Å². The summed E-state index contributed by atoms with van der Waals surface area (Å²) in [5.41, 5.74) is 0.390. The number of anilines is 1. The molecule has 0 radical (unpaired) electrons. The van der Waals surface area contributed by atoms with E-state index in [0.29, 0.717) is 25.1 Å². The molecule has 3 N–H and O–H groups in total. The molecule has 8 nitrogen and oxygen atoms in total. The zero-order valence-electron chi connectivity index (χ0n) is 12.9. The fourth-order valence-electron chi connectivity index (χ4n) is 1.92. The topological polar surface area (TPSA) is 101 Å². The van der Waals surface area contributed by atoms with E-state index in [-0.39, 0.29) is 11.5 Å². The number of aryl methyl sites for hydroxylation is 1. The highest BCUT2D eigenvalue weighted by molar-refractivity contribution is 5.89. The van der Waals surface area contributed by atoms with Crippen LogP contribution in [0.2, 0.25) is 0 Å². The minimum Gasteiger partial charge on any atom is -0.493 e. The number of urea groups is 1. The quantitative estimate of drug-likeness (QED) is 0.639. The molecule has 10 heteroatoms. The molecule has 0 saturated carbocycles. The standard InChI is InChI=1S/C14H17F2N5O3/c1-23-11-7-9(4-5-10(11)24-13(15)16)20-14(22)17-6-2-3-12-18-8-19-21-12/h4-5,7-8,13H,2-3,6H2,1H3,(H2,17,20,22)(H,18,19,21). The fourth-order valence-corrected chi connectivity index (χ4v) is 1.92. The summed E-state index contributed by atoms with van der Waals surface area (Å²) in [6, 6.07) is 3.71. The van der Waals surface area contributed by atoms with Crippen molar-refractivity contribution < 1.29 is 23.0 Å². The van der Waals surface area contributed by atoms with Gasteiger partial charge < -0.3 is 20.1 Å². The van der Waals surface area contributed by atoms with Crippen molar-refractivity contribution in [2.75, 3.05) is 19.0 Å². The number of carbonyl (C=O) groups excluding carboxylic acids is 1. The van der Waals surface area contributed by atoms with Crippen LogP contribution in [0.15, 0.2) is 24.5 Å². The summed E-state index contributed by atoms with van der Waals surface area (Å²) in [6.45, 7) is -2.51. The van der Waals surface area contributed by atoms with Crippen molar-refractivity contribution in [1.29, 1.82) is 0 Å². The summed E-state index contributed by atoms with van der Waals surface area (Å²) in [6.07, 6.45) is 2.77. The Balaban J connectivity index is 1.80. The molecule has 2 aromatic rings. The van der Waals surface area contributed by atoms with Crippen LogP contribution in [0.1, 0.15) is 12.2 Å². The first-order chi connectivity index (χ1) is 11.6. The Morgan fingerprint density at radius 1 is 1.38 bits per heavy atom. The van der Waals surface area contributed by atoms with Gasteiger partial charge in [-0.05, 0) is 18.6 Å². The molecule has 0 bridgehead atoms. The van der Waals surface area contributed by atoms with Gasteiger partial charge in [0.1, 0.15) is 12.2 Å². The maximum absolute atomic E-state index is 12.3. The van der Waals surface area contributed by atoms with Gasteiger partial charge in [-0.1, -0.05) is 0 Å². The number of nitrogens with zero attached hydrogens (tertiary/aromatic N) is 2. The molecule has 1 aromatic carbocycles. The third-order valence-electron chi connectivity index (χ3n) is 2.98. The number of carbonyl (C=O) groups is 1. The Bertz CT molecular complexity index is 652. The number of H-pyrrole nitrogens is 1. The summed E-state index contributed by atoms with van der Waals surface area (Å²) < 4.78 is 33.8. The minimum absolute atomic E-state index is 0.0958. The van der Waals surface area contributed by atoms with Gasteiger partial charge in [0.25, 0.3) is 0 Å². The van der Waals surface area contributed by atoms with Crippen LogP contribution in [-0.4, -0.2) is 41.5 Å². The Labute approximate surface area is 136 Å². The van der Waals surface area contributed by atoms with E-state index in [9.17, 15) is 13.6 Å². The highest BCUT2D eigenvalue weighted by Crippen LogP contribution is 2.31. The second-order valence-electron chi connectivity index (χ2n) is 4.66. The number of aromatic nitrogens is 3. The normalized spacial score (nSPS) is 10.5. The van der Waals surface area contributed by atoms with E-state index < -0.39 is 12.6 Å². The van der Waals surface area contributed by atoms with Gasteiger partial charge in [0.2, 0.25) is 0 Å². The molecule has 24 heavy (non-hydrogen) atoms. The van der Waals surface area contributed by atoms with Crippen LogP contribution in [0.25, 0.3) is 0 Å². The van der Waals surface area contributed by atoms with E-state index in [1.807, 2.05) is 0 Å². The Morgan fingerprint density at radius 3 is 2.88 bits per heavy atom. The third-order valence-corrected chi connectivity index (χ3v) is 2.98. The number of ether oxygens (including phenoxy) is 2. The molecular weight excluding hydrogens is 324 g/mol. The SMILES string of the molecule is COc1cc(NC(=O)NCCCc2ncn[nH]2)ccc1OC(F)F. The maximum atomic E-state index is 12.3. The van der Waals surface area contributed by atoms with Crippen molar-refractivity contribution in [1.82, 2.24) is 20.5 Å². The van der Waals surface area contributed by atoms with Gasteiger partial charge in [-0.3, -0.25) is 5.10 Å². The number of aromatic amines is 1. The zero-order valence-corrected chi connectivity index (χ0v) is 12.9. The van der Waals surface area contributed by atoms with E-state index >= 15 is 0 Å². The van der Waals surface area contributed by atoms with Gasteiger partial charge >= 0.3 is 12.6 Å². The van der Waals surface area contributed by atoms with E-state index in [1.54, 1.807) is 0 Å². The van der Waals surface area contributed by atoms with E-state index in [1.165, 1.54) is 31.6 Å². The molecule has 2 amide bonds. The molecule has 0 spiro atoms. The smallest absolute Gasteiger partial charge is 0.387 e. The monoisotopic (exact) mass is 341 g/mol. The molecule has 130 valence electrons. The number of rotatable bonds is 8. The largest absolute Gasteiger partial charge is 0.493 e. The van der Waals surface area contributed by atoms with Gasteiger partial charge in [0.15, 0.2) is 11.5 Å². The van der Waals surface area contributed by atoms with Crippen LogP contribution in [0.5, 0.6) is 11.5 Å². The first-order valence-electron chi connectivity index (χ1n) is 7.10. The molecule has 1 heterocycles. The first-order valence-corrected chi connectivity index (χ1v) is 7.10. The molecule has 0 atom stereocenters. The van der Waals surface area contributed by atoms with Gasteiger partial charge in [0, 0.05) is 24.7 Å². The summed E-state index contributed by atoms with van der Waals surface area (Å²) in [5, 5.41) is 11.7. The van der Waals surface area contributed by atoms with Crippen LogP contribution in [0.3, 0.4) is 0 Å². The number of hydrogen-bond acceptors (Lipinski definition) is 5. The molecule has 0 aliphatic heterocycles. The molecule has 0 unspecified atom stereocenters. The lowest BCUT2D eigenvalue weighted by atomic mass is 10.2. The van der Waals surface area contributed by atoms with Gasteiger partial charge in [-0.2, -0.15) is 13.9 Å². The number of alkyl halides is 2. The summed E-state index contributed by atoms with van der Waals surface area (Å²) in [4.78, 5) is 15.8. The molecule has 0 aliphatic rings. The second-order valence-corrected chi connectivity index (χ2v) is 4.66. The third kappa shape index (κ3) is 5.38. The second kappa shape index (κ2) is 8.65. The van der Waals surface area contributed by atoms with Crippen molar-refractivity contribution in [2.45, 2.75) is 19.5 Å². The average molecular weight is 341 g/mol. The number of halogens is 2. The molecule has 0 fully saturated rings. The zero-order chi connectivity index (χ0) is 17.4. The number of nitrogens with one attached hydrogen (secondary N) is 3. The lowest BCUT2D eigenvalue weighted by Gasteiger charge is -2.12. The molecule has 1 aromatic heterocycles. The Hall–Kier alpha value is -2.91. The van der Waals surface area contributed by atoms with E-state index in [2.05, 4.69) is 30.6 Å². The fraction of sp³-hybridized carbons (Fsp3) is 0.357. The maximum Gasteiger partial charge on any atom is 0.387 e. The van der Waals surface area contributed by atoms with Gasteiger partial charge in [-0.25, -0.2) is 9.78 Å². The predicted octanol–water partition coefficient (Wildman–Crippen LogP) is 2.17. The minimum atomic E-state index is -2.95. The van der Waals surface area contributed by atoms with Crippen LogP contribution < -0.4 is 20.1 Å². The highest BCUT2D eigenvalue weighted by atomic mass is 19.3. The van der Waals surface area contributed by atoms with Crippen molar-refractivity contribution in [3.05, 3.63) is 30.4 Å². The number of methoxy groups -OCH3 is 1. The average Bonchev–Trinajstić information content (AvgIpc) is 3.06. The van der Waals surface area contributed by atoms with Gasteiger partial charge in [0.05, 0.1) is 7.11 Å². The molecule has 0 aliphatic carbocycles. The van der Waals surface area contributed by atoms with Gasteiger partial charge in [-0.15, -0.1) is 0 Å². The summed E-state index contributed by atoms with van der Waals surface area (Å²) in [7, 11) is 1.32. The van der Waals surface area contributed by atoms with Crippen LogP contribution in [0, 0.1) is 0 Å². The predicted molar refractivity (Wildman–Crippen MR) is 81.4 cm³/mol. The van der Waals surface area contributed by atoms with E-state index in [4.69, 9.17) is 4.74 Å². The van der Waals surface area contributed by atoms with Crippen molar-refractivity contribution in [3.63, 3.8) is 0 Å². The summed E-state index contributed by atoms with van der Waals surface area (Å²) >= 11 is 0. The van der Waals surface area contributed by atoms with E-state index in [0.717, 1.165) is 5.82 Å². The van der Waals surface area contributed by atoms with Crippen molar-refractivity contribution >= 4 is 11.7 Å². The van der Waals surface area contributed by atoms with Crippen LogP contribution in [-0.2, 0) is 6.42 Å². The molecule has 0 saturated heterocycles. The van der Waals surface area contributed by atoms with Crippen molar-refractivity contribution in [3.8, 4) is 11.5 Å². The first kappa shape index (κ1) is 17.4. The summed E-state index contributed by atoms with van der Waals surface area (Å²) in [5.74, 6) is 0.737. The highest BCUT2D eigenvalue weighted by Gasteiger charge is 2.12. The number of amides is 2. The molecular formula is C14H17F2N5O3. The Kier molecular flexibility index (Phi) is 6.29.